The number of hydrogen-bond donors (Lipinski definition) is 1. The van der Waals surface area contributed by atoms with E-state index in [1.807, 2.05) is 0 Å². The number of ether oxygens (including phenoxy) is 2. The van der Waals surface area contributed by atoms with Crippen LogP contribution >= 0.6 is 0 Å². The molecule has 0 radical (unpaired) electrons. The fraction of sp³-hybridized carbons (Fsp3) is 0.529. The molecule has 26 heavy (non-hydrogen) atoms. The lowest BCUT2D eigenvalue weighted by Crippen LogP contribution is -2.53. The Balaban J connectivity index is 2.61. The number of benzene rings is 1. The number of nitrogens with zero attached hydrogens (tertiary/aromatic N) is 2. The number of likely N-dealkylation sites (tertiary alicyclic amines) is 1. The van der Waals surface area contributed by atoms with E-state index in [0.29, 0.717) is 13.0 Å². The summed E-state index contributed by atoms with van der Waals surface area (Å²) >= 11 is 0. The summed E-state index contributed by atoms with van der Waals surface area (Å²) in [6.45, 7) is 5.74. The fourth-order valence-corrected chi connectivity index (χ4v) is 2.76. The summed E-state index contributed by atoms with van der Waals surface area (Å²) in [5, 5.41) is 14.4. The van der Waals surface area contributed by atoms with E-state index in [-0.39, 0.29) is 28.7 Å². The van der Waals surface area contributed by atoms with Crippen LogP contribution in [0.25, 0.3) is 0 Å². The normalized spacial score (nSPS) is 15.1. The Labute approximate surface area is 151 Å². The summed E-state index contributed by atoms with van der Waals surface area (Å²) in [7, 11) is 2.76. The highest BCUT2D eigenvalue weighted by Gasteiger charge is 2.41. The molecule has 2 amide bonds. The zero-order chi connectivity index (χ0) is 19.6. The van der Waals surface area contributed by atoms with Gasteiger partial charge in [-0.1, -0.05) is 0 Å². The predicted molar refractivity (Wildman–Crippen MR) is 93.2 cm³/mol. The van der Waals surface area contributed by atoms with Gasteiger partial charge in [0.05, 0.1) is 30.8 Å². The van der Waals surface area contributed by atoms with Gasteiger partial charge < -0.3 is 19.7 Å². The maximum absolute atomic E-state index is 12.9. The molecule has 2 rings (SSSR count). The lowest BCUT2D eigenvalue weighted by Gasteiger charge is -2.38. The van der Waals surface area contributed by atoms with E-state index in [9.17, 15) is 19.7 Å². The lowest BCUT2D eigenvalue weighted by molar-refractivity contribution is -0.386. The standard InChI is InChI=1S/C17H23N3O6/c1-17(2,3)18-16(22)15(19-7-6-14(19)21)10-8-12(25-4)13(26-5)9-11(10)20(23)24/h8-9,15H,6-7H2,1-5H3,(H,18,22). The number of carbonyl (C=O) groups is 2. The van der Waals surface area contributed by atoms with Crippen molar-refractivity contribution in [3.05, 3.63) is 27.8 Å². The van der Waals surface area contributed by atoms with Crippen LogP contribution in [0.4, 0.5) is 5.69 Å². The van der Waals surface area contributed by atoms with E-state index in [0.717, 1.165) is 0 Å². The molecular formula is C17H23N3O6. The monoisotopic (exact) mass is 365 g/mol. The largest absolute Gasteiger partial charge is 0.493 e. The molecule has 9 nitrogen and oxygen atoms in total. The van der Waals surface area contributed by atoms with Crippen molar-refractivity contribution in [2.75, 3.05) is 20.8 Å². The first-order chi connectivity index (χ1) is 12.1. The van der Waals surface area contributed by atoms with Crippen molar-refractivity contribution < 1.29 is 24.0 Å². The van der Waals surface area contributed by atoms with Crippen molar-refractivity contribution in [2.24, 2.45) is 0 Å². The lowest BCUT2D eigenvalue weighted by atomic mass is 9.96. The molecule has 0 saturated carbocycles. The van der Waals surface area contributed by atoms with Crippen LogP contribution in [0.15, 0.2) is 12.1 Å². The number of hydrogen-bond acceptors (Lipinski definition) is 6. The average Bonchev–Trinajstić information content (AvgIpc) is 2.54. The molecule has 1 heterocycles. The van der Waals surface area contributed by atoms with Crippen LogP contribution in [0.1, 0.15) is 38.8 Å². The Morgan fingerprint density at radius 1 is 1.27 bits per heavy atom. The number of nitro benzene ring substituents is 1. The molecule has 1 aromatic rings. The van der Waals surface area contributed by atoms with Gasteiger partial charge in [0.25, 0.3) is 5.69 Å². The minimum Gasteiger partial charge on any atom is -0.493 e. The molecule has 1 N–H and O–H groups in total. The third-order valence-electron chi connectivity index (χ3n) is 3.97. The number of nitro groups is 1. The summed E-state index contributed by atoms with van der Waals surface area (Å²) < 4.78 is 10.3. The zero-order valence-corrected chi connectivity index (χ0v) is 15.5. The van der Waals surface area contributed by atoms with Crippen LogP contribution in [0.3, 0.4) is 0 Å². The second-order valence-electron chi connectivity index (χ2n) is 7.00. The average molecular weight is 365 g/mol. The van der Waals surface area contributed by atoms with Crippen LogP contribution in [0, 0.1) is 10.1 Å². The molecule has 1 aromatic carbocycles. The van der Waals surface area contributed by atoms with Crippen molar-refractivity contribution in [3.8, 4) is 11.5 Å². The molecule has 142 valence electrons. The number of β-lactam (4-membered cyclic amide) rings is 1. The van der Waals surface area contributed by atoms with Gasteiger partial charge in [0.2, 0.25) is 11.8 Å². The minimum atomic E-state index is -1.12. The first-order valence-corrected chi connectivity index (χ1v) is 8.11. The number of amides is 2. The highest BCUT2D eigenvalue weighted by Crippen LogP contribution is 2.40. The number of carbonyl (C=O) groups excluding carboxylic acids is 2. The first-order valence-electron chi connectivity index (χ1n) is 8.11. The maximum Gasteiger partial charge on any atom is 0.279 e. The third-order valence-corrected chi connectivity index (χ3v) is 3.97. The molecule has 9 heteroatoms. The van der Waals surface area contributed by atoms with Crippen LogP contribution in [0.2, 0.25) is 0 Å². The van der Waals surface area contributed by atoms with Crippen LogP contribution in [0.5, 0.6) is 11.5 Å². The predicted octanol–water partition coefficient (Wildman–Crippen LogP) is 1.80. The SMILES string of the molecule is COc1cc(C(C(=O)NC(C)(C)C)N2CCC2=O)c([N+](=O)[O-])cc1OC. The maximum atomic E-state index is 12.9. The fourth-order valence-electron chi connectivity index (χ4n) is 2.76. The Morgan fingerprint density at radius 3 is 2.23 bits per heavy atom. The van der Waals surface area contributed by atoms with Crippen molar-refractivity contribution in [1.82, 2.24) is 10.2 Å². The minimum absolute atomic E-state index is 0.0856. The van der Waals surface area contributed by atoms with Crippen molar-refractivity contribution >= 4 is 17.5 Å². The van der Waals surface area contributed by atoms with Gasteiger partial charge in [-0.05, 0) is 26.8 Å². The van der Waals surface area contributed by atoms with Gasteiger partial charge >= 0.3 is 0 Å². The molecular weight excluding hydrogens is 342 g/mol. The van der Waals surface area contributed by atoms with Gasteiger partial charge in [-0.25, -0.2) is 0 Å². The highest BCUT2D eigenvalue weighted by atomic mass is 16.6. The van der Waals surface area contributed by atoms with E-state index < -0.39 is 22.4 Å². The Hall–Kier alpha value is -2.84. The summed E-state index contributed by atoms with van der Waals surface area (Å²) in [5.41, 5.74) is -0.784. The van der Waals surface area contributed by atoms with Gasteiger partial charge in [-0.15, -0.1) is 0 Å². The molecule has 0 aromatic heterocycles. The molecule has 0 aliphatic carbocycles. The van der Waals surface area contributed by atoms with Crippen LogP contribution < -0.4 is 14.8 Å². The molecule has 1 fully saturated rings. The summed E-state index contributed by atoms with van der Waals surface area (Å²) in [6.07, 6.45) is 0.306. The quantitative estimate of drug-likeness (QED) is 0.467. The van der Waals surface area contributed by atoms with E-state index in [1.54, 1.807) is 20.8 Å². The van der Waals surface area contributed by atoms with Gasteiger partial charge in [0.15, 0.2) is 11.5 Å². The smallest absolute Gasteiger partial charge is 0.279 e. The first kappa shape index (κ1) is 19.5. The molecule has 0 bridgehead atoms. The zero-order valence-electron chi connectivity index (χ0n) is 15.5. The molecule has 1 unspecified atom stereocenters. The molecule has 1 aliphatic heterocycles. The van der Waals surface area contributed by atoms with Crippen LogP contribution in [-0.4, -0.2) is 47.9 Å². The van der Waals surface area contributed by atoms with Gasteiger partial charge in [0, 0.05) is 18.5 Å². The molecule has 1 aliphatic rings. The van der Waals surface area contributed by atoms with Crippen molar-refractivity contribution in [2.45, 2.75) is 38.8 Å². The topological polar surface area (TPSA) is 111 Å². The van der Waals surface area contributed by atoms with Gasteiger partial charge in [-0.2, -0.15) is 0 Å². The van der Waals surface area contributed by atoms with E-state index in [4.69, 9.17) is 9.47 Å². The number of rotatable bonds is 6. The van der Waals surface area contributed by atoms with E-state index in [1.165, 1.54) is 31.3 Å². The Bertz CT molecular complexity index is 741. The second kappa shape index (κ2) is 7.19. The van der Waals surface area contributed by atoms with Crippen molar-refractivity contribution in [3.63, 3.8) is 0 Å². The number of nitrogens with one attached hydrogen (secondary N) is 1. The summed E-state index contributed by atoms with van der Waals surface area (Å²) in [5.74, 6) is -0.300. The highest BCUT2D eigenvalue weighted by molar-refractivity contribution is 5.92. The Kier molecular flexibility index (Phi) is 5.38. The van der Waals surface area contributed by atoms with Gasteiger partial charge in [0.1, 0.15) is 6.04 Å². The van der Waals surface area contributed by atoms with E-state index in [2.05, 4.69) is 5.32 Å². The second-order valence-corrected chi connectivity index (χ2v) is 7.00. The van der Waals surface area contributed by atoms with Crippen molar-refractivity contribution in [1.29, 1.82) is 0 Å². The molecule has 1 saturated heterocycles. The number of methoxy groups -OCH3 is 2. The summed E-state index contributed by atoms with van der Waals surface area (Å²) in [6, 6.07) is 1.47. The molecule has 0 spiro atoms. The molecule has 1 atom stereocenters. The van der Waals surface area contributed by atoms with Gasteiger partial charge in [-0.3, -0.25) is 19.7 Å². The third kappa shape index (κ3) is 3.87. The van der Waals surface area contributed by atoms with E-state index >= 15 is 0 Å². The Morgan fingerprint density at radius 2 is 1.85 bits per heavy atom. The van der Waals surface area contributed by atoms with Crippen LogP contribution in [-0.2, 0) is 9.59 Å². The summed E-state index contributed by atoms with van der Waals surface area (Å²) in [4.78, 5) is 37.2.